The van der Waals surface area contributed by atoms with Gasteiger partial charge in [0.2, 0.25) is 0 Å². The molecule has 0 saturated heterocycles. The van der Waals surface area contributed by atoms with Crippen LogP contribution >= 0.6 is 0 Å². The third-order valence-electron chi connectivity index (χ3n) is 2.62. The molecule has 15 heavy (non-hydrogen) atoms. The maximum atomic E-state index is 10.4. The number of aliphatic hydroxyl groups is 2. The van der Waals surface area contributed by atoms with E-state index in [2.05, 4.69) is 0 Å². The van der Waals surface area contributed by atoms with E-state index in [9.17, 15) is 10.2 Å². The van der Waals surface area contributed by atoms with E-state index in [0.29, 0.717) is 5.56 Å². The van der Waals surface area contributed by atoms with Crippen LogP contribution in [0.4, 0.5) is 0 Å². The Morgan fingerprint density at radius 3 is 2.13 bits per heavy atom. The highest BCUT2D eigenvalue weighted by molar-refractivity contribution is 5.45. The highest BCUT2D eigenvalue weighted by atomic mass is 16.3. The van der Waals surface area contributed by atoms with Crippen LogP contribution in [0, 0.1) is 31.6 Å². The van der Waals surface area contributed by atoms with E-state index in [-0.39, 0.29) is 6.61 Å². The highest BCUT2D eigenvalue weighted by Gasteiger charge is 2.40. The third-order valence-corrected chi connectivity index (χ3v) is 2.62. The van der Waals surface area contributed by atoms with Gasteiger partial charge in [-0.2, -0.15) is 0 Å². The lowest BCUT2D eigenvalue weighted by Gasteiger charge is -2.31. The van der Waals surface area contributed by atoms with Crippen molar-refractivity contribution >= 4 is 0 Å². The smallest absolute Gasteiger partial charge is 0.119 e. The van der Waals surface area contributed by atoms with Crippen LogP contribution in [0.2, 0.25) is 0 Å². The monoisotopic (exact) mass is 201 g/mol. The summed E-state index contributed by atoms with van der Waals surface area (Å²) >= 11 is 0. The molecule has 1 aliphatic rings. The van der Waals surface area contributed by atoms with E-state index < -0.39 is 5.60 Å². The summed E-state index contributed by atoms with van der Waals surface area (Å²) in [5.41, 5.74) is -0.580. The molecule has 1 aliphatic carbocycles. The largest absolute Gasteiger partial charge is 0.393 e. The third kappa shape index (κ3) is 1.92. The summed E-state index contributed by atoms with van der Waals surface area (Å²) in [6, 6.07) is 9.19. The van der Waals surface area contributed by atoms with Crippen molar-refractivity contribution in [2.24, 2.45) is 0 Å². The zero-order valence-corrected chi connectivity index (χ0v) is 8.30. The van der Waals surface area contributed by atoms with Gasteiger partial charge in [-0.05, 0) is 31.2 Å². The van der Waals surface area contributed by atoms with Gasteiger partial charge >= 0.3 is 0 Å². The van der Waals surface area contributed by atoms with Gasteiger partial charge < -0.3 is 10.2 Å². The molecule has 5 radical (unpaired) electrons. The molecule has 0 bridgehead atoms. The Morgan fingerprint density at radius 2 is 1.60 bits per heavy atom. The Balaban J connectivity index is 2.28. The number of hydrogen-bond acceptors (Lipinski definition) is 2. The summed E-state index contributed by atoms with van der Waals surface area (Å²) in [4.78, 5) is 0. The van der Waals surface area contributed by atoms with Crippen LogP contribution < -0.4 is 0 Å². The minimum Gasteiger partial charge on any atom is -0.393 e. The summed E-state index contributed by atoms with van der Waals surface area (Å²) < 4.78 is 0. The van der Waals surface area contributed by atoms with Crippen molar-refractivity contribution in [1.29, 1.82) is 0 Å². The van der Waals surface area contributed by atoms with E-state index >= 15 is 0 Å². The summed E-state index contributed by atoms with van der Waals surface area (Å²) in [6.45, 7) is -0.318. The van der Waals surface area contributed by atoms with Crippen molar-refractivity contribution in [1.82, 2.24) is 0 Å². The van der Waals surface area contributed by atoms with Gasteiger partial charge in [-0.15, -0.1) is 0 Å². The molecule has 2 N–H and O–H groups in total. The Labute approximate surface area is 90.6 Å². The van der Waals surface area contributed by atoms with Gasteiger partial charge in [0, 0.05) is 5.92 Å². The van der Waals surface area contributed by atoms with Crippen LogP contribution in [0.5, 0.6) is 0 Å². The zero-order chi connectivity index (χ0) is 10.7. The topological polar surface area (TPSA) is 40.5 Å². The highest BCUT2D eigenvalue weighted by Crippen LogP contribution is 2.39. The van der Waals surface area contributed by atoms with E-state index in [4.69, 9.17) is 0 Å². The Morgan fingerprint density at radius 1 is 1.00 bits per heavy atom. The fourth-order valence-corrected chi connectivity index (χ4v) is 1.71. The second-order valence-corrected chi connectivity index (χ2v) is 3.56. The second kappa shape index (κ2) is 4.33. The summed E-state index contributed by atoms with van der Waals surface area (Å²) in [5, 5.41) is 19.8. The first-order chi connectivity index (χ1) is 7.27. The summed E-state index contributed by atoms with van der Waals surface area (Å²) in [5.74, 6) is 0.719. The lowest BCUT2D eigenvalue weighted by Crippen LogP contribution is -2.36. The minimum atomic E-state index is -1.29. The normalized spacial score (nSPS) is 21.5. The molecule has 2 rings (SSSR count). The minimum absolute atomic E-state index is 0.318. The molecular weight excluding hydrogens is 188 g/mol. The van der Waals surface area contributed by atoms with E-state index in [1.807, 2.05) is 56.0 Å². The molecule has 0 aliphatic heterocycles. The Kier molecular flexibility index (Phi) is 3.08. The molecule has 0 spiro atoms. The van der Waals surface area contributed by atoms with E-state index in [0.717, 1.165) is 5.92 Å². The SMILES string of the molecule is OC[C@](O)([C]1[CH][CH][CH][CH]1)c1ccccc1. The molecule has 0 amide bonds. The molecule has 1 saturated carbocycles. The molecule has 2 nitrogen and oxygen atoms in total. The van der Waals surface area contributed by atoms with Crippen molar-refractivity contribution in [2.45, 2.75) is 5.60 Å². The Hall–Kier alpha value is -0.860. The lowest BCUT2D eigenvalue weighted by molar-refractivity contribution is 0.000767. The molecule has 0 aromatic heterocycles. The van der Waals surface area contributed by atoms with Gasteiger partial charge in [-0.3, -0.25) is 0 Å². The van der Waals surface area contributed by atoms with Crippen LogP contribution in [0.3, 0.4) is 0 Å². The van der Waals surface area contributed by atoms with Crippen molar-refractivity contribution in [2.75, 3.05) is 6.61 Å². The quantitative estimate of drug-likeness (QED) is 0.773. The number of hydrogen-bond donors (Lipinski definition) is 2. The maximum absolute atomic E-state index is 10.4. The summed E-state index contributed by atoms with van der Waals surface area (Å²) in [6.07, 6.45) is 7.31. The van der Waals surface area contributed by atoms with Gasteiger partial charge in [0.15, 0.2) is 0 Å². The van der Waals surface area contributed by atoms with E-state index in [1.54, 1.807) is 0 Å². The van der Waals surface area contributed by atoms with Gasteiger partial charge in [-0.1, -0.05) is 30.3 Å². The van der Waals surface area contributed by atoms with Crippen molar-refractivity contribution in [3.05, 3.63) is 67.5 Å². The summed E-state index contributed by atoms with van der Waals surface area (Å²) in [7, 11) is 0. The van der Waals surface area contributed by atoms with Crippen LogP contribution in [0.15, 0.2) is 30.3 Å². The van der Waals surface area contributed by atoms with Crippen LogP contribution in [0.1, 0.15) is 5.56 Å². The predicted octanol–water partition coefficient (Wildman–Crippen LogP) is 1.27. The van der Waals surface area contributed by atoms with Crippen LogP contribution in [0.25, 0.3) is 0 Å². The standard InChI is InChI=1S/C13H13O2/c14-10-13(15,12-8-4-5-9-12)11-6-2-1-3-7-11/h1-9,14-15H,10H2/t13-/m1/s1. The first-order valence-corrected chi connectivity index (χ1v) is 4.88. The first-order valence-electron chi connectivity index (χ1n) is 4.88. The van der Waals surface area contributed by atoms with Crippen molar-refractivity contribution < 1.29 is 10.2 Å². The second-order valence-electron chi connectivity index (χ2n) is 3.56. The molecule has 0 unspecified atom stereocenters. The van der Waals surface area contributed by atoms with Gasteiger partial charge in [0.05, 0.1) is 6.61 Å². The average Bonchev–Trinajstić information content (AvgIpc) is 2.83. The fraction of sp³-hybridized carbons (Fsp3) is 0.154. The average molecular weight is 201 g/mol. The Bertz CT molecular complexity index is 304. The van der Waals surface area contributed by atoms with Crippen LogP contribution in [-0.4, -0.2) is 16.8 Å². The number of benzene rings is 1. The molecule has 1 fully saturated rings. The predicted molar refractivity (Wildman–Crippen MR) is 57.9 cm³/mol. The molecule has 0 heterocycles. The van der Waals surface area contributed by atoms with Gasteiger partial charge in [0.25, 0.3) is 0 Å². The van der Waals surface area contributed by atoms with Gasteiger partial charge in [-0.25, -0.2) is 0 Å². The number of aliphatic hydroxyl groups excluding tert-OH is 1. The van der Waals surface area contributed by atoms with E-state index in [1.165, 1.54) is 0 Å². The van der Waals surface area contributed by atoms with Crippen LogP contribution in [-0.2, 0) is 5.60 Å². The maximum Gasteiger partial charge on any atom is 0.119 e. The molecule has 77 valence electrons. The fourth-order valence-electron chi connectivity index (χ4n) is 1.71. The lowest BCUT2D eigenvalue weighted by atomic mass is 9.81. The van der Waals surface area contributed by atoms with Crippen molar-refractivity contribution in [3.8, 4) is 0 Å². The van der Waals surface area contributed by atoms with Gasteiger partial charge in [0.1, 0.15) is 5.60 Å². The molecule has 2 heteroatoms. The number of rotatable bonds is 3. The van der Waals surface area contributed by atoms with Crippen molar-refractivity contribution in [3.63, 3.8) is 0 Å². The zero-order valence-electron chi connectivity index (χ0n) is 8.30. The molecular formula is C13H13O2. The molecule has 1 atom stereocenters. The molecule has 1 aromatic carbocycles. The molecule has 1 aromatic rings. The first kappa shape index (κ1) is 10.7.